The molecule has 4 heteroatoms. The Balaban J connectivity index is 2.61. The van der Waals surface area contributed by atoms with Crippen molar-refractivity contribution in [1.82, 2.24) is 10.2 Å². The zero-order valence-corrected chi connectivity index (χ0v) is 9.05. The second-order valence-electron chi connectivity index (χ2n) is 4.10. The molecule has 14 heavy (non-hydrogen) atoms. The van der Waals surface area contributed by atoms with Crippen LogP contribution in [0.25, 0.3) is 0 Å². The third-order valence-electron chi connectivity index (χ3n) is 2.92. The van der Waals surface area contributed by atoms with Crippen LogP contribution in [0.1, 0.15) is 20.3 Å². The van der Waals surface area contributed by atoms with Crippen LogP contribution >= 0.6 is 0 Å². The molecule has 1 aliphatic heterocycles. The summed E-state index contributed by atoms with van der Waals surface area (Å²) < 4.78 is 0. The quantitative estimate of drug-likeness (QED) is 0.662. The van der Waals surface area contributed by atoms with E-state index in [4.69, 9.17) is 5.11 Å². The van der Waals surface area contributed by atoms with Gasteiger partial charge in [0, 0.05) is 19.6 Å². The molecule has 82 valence electrons. The highest BCUT2D eigenvalue weighted by atomic mass is 16.3. The molecule has 0 aromatic rings. The van der Waals surface area contributed by atoms with Crippen molar-refractivity contribution in [3.8, 4) is 0 Å². The van der Waals surface area contributed by atoms with Crippen molar-refractivity contribution in [2.45, 2.75) is 20.3 Å². The van der Waals surface area contributed by atoms with Crippen LogP contribution in [0.3, 0.4) is 0 Å². The number of aliphatic hydroxyl groups excluding tert-OH is 1. The SMILES string of the molecule is CCN(CCO)C(=O)C1(C)CCNC1. The molecule has 0 bridgehead atoms. The van der Waals surface area contributed by atoms with E-state index in [2.05, 4.69) is 5.32 Å². The fraction of sp³-hybridized carbons (Fsp3) is 0.900. The van der Waals surface area contributed by atoms with Gasteiger partial charge < -0.3 is 15.3 Å². The molecule has 2 N–H and O–H groups in total. The summed E-state index contributed by atoms with van der Waals surface area (Å²) in [6.45, 7) is 6.78. The van der Waals surface area contributed by atoms with Gasteiger partial charge >= 0.3 is 0 Å². The summed E-state index contributed by atoms with van der Waals surface area (Å²) in [6, 6.07) is 0. The van der Waals surface area contributed by atoms with Crippen molar-refractivity contribution in [1.29, 1.82) is 0 Å². The number of nitrogens with zero attached hydrogens (tertiary/aromatic N) is 1. The third-order valence-corrected chi connectivity index (χ3v) is 2.92. The summed E-state index contributed by atoms with van der Waals surface area (Å²) in [6.07, 6.45) is 0.897. The van der Waals surface area contributed by atoms with Gasteiger partial charge in [0.1, 0.15) is 0 Å². The van der Waals surface area contributed by atoms with E-state index in [1.807, 2.05) is 13.8 Å². The van der Waals surface area contributed by atoms with Crippen molar-refractivity contribution in [2.75, 3.05) is 32.8 Å². The van der Waals surface area contributed by atoms with Crippen molar-refractivity contribution >= 4 is 5.91 Å². The number of hydrogen-bond acceptors (Lipinski definition) is 3. The maximum atomic E-state index is 12.1. The molecule has 4 nitrogen and oxygen atoms in total. The molecule has 0 aliphatic carbocycles. The first-order valence-electron chi connectivity index (χ1n) is 5.25. The van der Waals surface area contributed by atoms with Crippen LogP contribution in [-0.4, -0.2) is 48.7 Å². The molecule has 0 radical (unpaired) electrons. The number of carbonyl (C=O) groups excluding carboxylic acids is 1. The first-order chi connectivity index (χ1) is 6.64. The largest absolute Gasteiger partial charge is 0.395 e. The standard InChI is InChI=1S/C10H20N2O2/c1-3-12(6-7-13)9(14)10(2)4-5-11-8-10/h11,13H,3-8H2,1-2H3. The molecule has 1 saturated heterocycles. The van der Waals surface area contributed by atoms with Crippen molar-refractivity contribution in [3.05, 3.63) is 0 Å². The van der Waals surface area contributed by atoms with Crippen molar-refractivity contribution in [2.24, 2.45) is 5.41 Å². The first-order valence-corrected chi connectivity index (χ1v) is 5.25. The fourth-order valence-electron chi connectivity index (χ4n) is 1.91. The van der Waals surface area contributed by atoms with Crippen LogP contribution in [0, 0.1) is 5.41 Å². The Morgan fingerprint density at radius 2 is 2.36 bits per heavy atom. The number of likely N-dealkylation sites (N-methyl/N-ethyl adjacent to an activating group) is 1. The topological polar surface area (TPSA) is 52.6 Å². The van der Waals surface area contributed by atoms with Crippen LogP contribution in [0.2, 0.25) is 0 Å². The molecular formula is C10H20N2O2. The molecule has 1 unspecified atom stereocenters. The highest BCUT2D eigenvalue weighted by Crippen LogP contribution is 2.26. The van der Waals surface area contributed by atoms with E-state index in [0.29, 0.717) is 13.1 Å². The van der Waals surface area contributed by atoms with Gasteiger partial charge in [0.05, 0.1) is 12.0 Å². The number of amides is 1. The maximum Gasteiger partial charge on any atom is 0.229 e. The van der Waals surface area contributed by atoms with Gasteiger partial charge in [0.25, 0.3) is 0 Å². The Morgan fingerprint density at radius 3 is 2.79 bits per heavy atom. The molecular weight excluding hydrogens is 180 g/mol. The van der Waals surface area contributed by atoms with Gasteiger partial charge in [-0.3, -0.25) is 4.79 Å². The van der Waals surface area contributed by atoms with Gasteiger partial charge in [-0.1, -0.05) is 0 Å². The Morgan fingerprint density at radius 1 is 1.64 bits per heavy atom. The maximum absolute atomic E-state index is 12.1. The minimum atomic E-state index is -0.259. The molecule has 1 fully saturated rings. The zero-order chi connectivity index (χ0) is 10.6. The summed E-state index contributed by atoms with van der Waals surface area (Å²) in [5.74, 6) is 0.166. The Bertz CT molecular complexity index is 200. The van der Waals surface area contributed by atoms with Crippen LogP contribution < -0.4 is 5.32 Å². The zero-order valence-electron chi connectivity index (χ0n) is 9.05. The van der Waals surface area contributed by atoms with Crippen LogP contribution in [0.4, 0.5) is 0 Å². The van der Waals surface area contributed by atoms with Crippen LogP contribution in [-0.2, 0) is 4.79 Å². The van der Waals surface area contributed by atoms with Gasteiger partial charge in [-0.25, -0.2) is 0 Å². The summed E-state index contributed by atoms with van der Waals surface area (Å²) in [7, 11) is 0. The Hall–Kier alpha value is -0.610. The normalized spacial score (nSPS) is 26.5. The molecule has 1 heterocycles. The molecule has 0 aromatic heterocycles. The predicted molar refractivity (Wildman–Crippen MR) is 54.9 cm³/mol. The number of hydrogen-bond donors (Lipinski definition) is 2. The lowest BCUT2D eigenvalue weighted by Gasteiger charge is -2.29. The number of aliphatic hydroxyl groups is 1. The molecule has 0 saturated carbocycles. The molecule has 1 aliphatic rings. The second-order valence-corrected chi connectivity index (χ2v) is 4.10. The lowest BCUT2D eigenvalue weighted by molar-refractivity contribution is -0.140. The van der Waals surface area contributed by atoms with Crippen molar-refractivity contribution < 1.29 is 9.90 Å². The Kier molecular flexibility index (Phi) is 3.89. The van der Waals surface area contributed by atoms with E-state index >= 15 is 0 Å². The summed E-state index contributed by atoms with van der Waals surface area (Å²) in [5, 5.41) is 12.0. The van der Waals surface area contributed by atoms with Gasteiger partial charge in [0.2, 0.25) is 5.91 Å². The summed E-state index contributed by atoms with van der Waals surface area (Å²) >= 11 is 0. The highest BCUT2D eigenvalue weighted by molar-refractivity contribution is 5.83. The first kappa shape index (κ1) is 11.5. The van der Waals surface area contributed by atoms with E-state index in [-0.39, 0.29) is 17.9 Å². The fourth-order valence-corrected chi connectivity index (χ4v) is 1.91. The predicted octanol–water partition coefficient (Wildman–Crippen LogP) is -0.173. The smallest absolute Gasteiger partial charge is 0.229 e. The molecule has 1 atom stereocenters. The van der Waals surface area contributed by atoms with E-state index in [1.165, 1.54) is 0 Å². The summed E-state index contributed by atoms with van der Waals surface area (Å²) in [4.78, 5) is 13.8. The monoisotopic (exact) mass is 200 g/mol. The minimum absolute atomic E-state index is 0.0447. The lowest BCUT2D eigenvalue weighted by Crippen LogP contribution is -2.44. The van der Waals surface area contributed by atoms with Gasteiger partial charge in [0.15, 0.2) is 0 Å². The molecule has 1 amide bonds. The second kappa shape index (κ2) is 4.75. The lowest BCUT2D eigenvalue weighted by atomic mass is 9.88. The summed E-state index contributed by atoms with van der Waals surface area (Å²) in [5.41, 5.74) is -0.259. The third kappa shape index (κ3) is 2.25. The van der Waals surface area contributed by atoms with E-state index in [1.54, 1.807) is 4.90 Å². The number of rotatable bonds is 4. The van der Waals surface area contributed by atoms with Gasteiger partial charge in [-0.2, -0.15) is 0 Å². The average Bonchev–Trinajstić information content (AvgIpc) is 2.62. The molecule has 0 aromatic carbocycles. The van der Waals surface area contributed by atoms with E-state index < -0.39 is 0 Å². The van der Waals surface area contributed by atoms with Gasteiger partial charge in [-0.15, -0.1) is 0 Å². The van der Waals surface area contributed by atoms with Crippen molar-refractivity contribution in [3.63, 3.8) is 0 Å². The average molecular weight is 200 g/mol. The van der Waals surface area contributed by atoms with E-state index in [9.17, 15) is 4.79 Å². The minimum Gasteiger partial charge on any atom is -0.395 e. The number of carbonyl (C=O) groups is 1. The van der Waals surface area contributed by atoms with Gasteiger partial charge in [-0.05, 0) is 26.8 Å². The highest BCUT2D eigenvalue weighted by Gasteiger charge is 2.38. The van der Waals surface area contributed by atoms with E-state index in [0.717, 1.165) is 19.5 Å². The number of nitrogens with one attached hydrogen (secondary N) is 1. The van der Waals surface area contributed by atoms with Crippen LogP contribution in [0.5, 0.6) is 0 Å². The van der Waals surface area contributed by atoms with Crippen LogP contribution in [0.15, 0.2) is 0 Å². The molecule has 1 rings (SSSR count). The Labute approximate surface area is 85.3 Å². The molecule has 0 spiro atoms.